The fourth-order valence-electron chi connectivity index (χ4n) is 2.17. The summed E-state index contributed by atoms with van der Waals surface area (Å²) >= 11 is 1.03. The van der Waals surface area contributed by atoms with Gasteiger partial charge in [0.05, 0.1) is 24.8 Å². The van der Waals surface area contributed by atoms with Gasteiger partial charge in [-0.25, -0.2) is 4.79 Å². The third-order valence-corrected chi connectivity index (χ3v) is 4.21. The standard InChI is InChI=1S/C17H19N3O4S/c1-5-24-12-6-10(2)13(11(3)7-12)9-18-20-17-19-16(22)14(25-17)8-15(21)23-4/h6-9H,5H2,1-4H3,(H,19,20,22)/b14-8+,18-9?. The minimum absolute atomic E-state index is 0.217. The van der Waals surface area contributed by atoms with Crippen LogP contribution in [0, 0.1) is 13.8 Å². The number of amidine groups is 1. The number of benzene rings is 1. The van der Waals surface area contributed by atoms with E-state index in [-0.39, 0.29) is 4.91 Å². The molecule has 132 valence electrons. The van der Waals surface area contributed by atoms with E-state index >= 15 is 0 Å². The number of esters is 1. The van der Waals surface area contributed by atoms with Crippen LogP contribution in [0.5, 0.6) is 5.75 Å². The first-order valence-corrected chi connectivity index (χ1v) is 8.40. The maximum absolute atomic E-state index is 11.7. The highest BCUT2D eigenvalue weighted by atomic mass is 32.2. The quantitative estimate of drug-likeness (QED) is 0.376. The summed E-state index contributed by atoms with van der Waals surface area (Å²) in [5, 5.41) is 10.9. The molecule has 1 amide bonds. The molecular formula is C17H19N3O4S. The third kappa shape index (κ3) is 4.93. The molecule has 1 heterocycles. The molecule has 0 radical (unpaired) electrons. The predicted molar refractivity (Wildman–Crippen MR) is 97.9 cm³/mol. The van der Waals surface area contributed by atoms with Gasteiger partial charge in [0.1, 0.15) is 5.75 Å². The average molecular weight is 361 g/mol. The van der Waals surface area contributed by atoms with Gasteiger partial charge in [0.2, 0.25) is 0 Å². The van der Waals surface area contributed by atoms with Gasteiger partial charge in [0, 0.05) is 11.6 Å². The van der Waals surface area contributed by atoms with E-state index in [1.54, 1.807) is 6.21 Å². The van der Waals surface area contributed by atoms with Gasteiger partial charge in [-0.3, -0.25) is 10.1 Å². The molecule has 1 aromatic rings. The number of nitrogens with one attached hydrogen (secondary N) is 1. The molecule has 7 nitrogen and oxygen atoms in total. The zero-order valence-electron chi connectivity index (χ0n) is 14.5. The number of carbonyl (C=O) groups excluding carboxylic acids is 2. The number of hydrogen-bond donors (Lipinski definition) is 1. The Bertz CT molecular complexity index is 761. The first-order valence-electron chi connectivity index (χ1n) is 7.58. The van der Waals surface area contributed by atoms with Crippen molar-refractivity contribution in [1.82, 2.24) is 5.32 Å². The number of nitrogens with zero attached hydrogens (tertiary/aromatic N) is 2. The monoisotopic (exact) mass is 361 g/mol. The van der Waals surface area contributed by atoms with Crippen LogP contribution in [-0.2, 0) is 14.3 Å². The number of hydrogen-bond acceptors (Lipinski definition) is 7. The molecule has 0 bridgehead atoms. The van der Waals surface area contributed by atoms with Gasteiger partial charge in [-0.1, -0.05) is 0 Å². The summed E-state index contributed by atoms with van der Waals surface area (Å²) in [5.41, 5.74) is 2.97. The van der Waals surface area contributed by atoms with Crippen molar-refractivity contribution >= 4 is 35.0 Å². The molecular weight excluding hydrogens is 342 g/mol. The van der Waals surface area contributed by atoms with Crippen LogP contribution >= 0.6 is 11.8 Å². The summed E-state index contributed by atoms with van der Waals surface area (Å²) in [5.74, 6) is -0.182. The van der Waals surface area contributed by atoms with Crippen LogP contribution in [-0.4, -0.2) is 37.0 Å². The van der Waals surface area contributed by atoms with Gasteiger partial charge in [-0.2, -0.15) is 5.10 Å². The second kappa shape index (κ2) is 8.48. The molecule has 0 saturated carbocycles. The van der Waals surface area contributed by atoms with Crippen LogP contribution in [0.1, 0.15) is 23.6 Å². The molecule has 1 aliphatic rings. The Hall–Kier alpha value is -2.61. The Kier molecular flexibility index (Phi) is 6.35. The van der Waals surface area contributed by atoms with E-state index in [4.69, 9.17) is 4.74 Å². The maximum Gasteiger partial charge on any atom is 0.331 e. The summed E-state index contributed by atoms with van der Waals surface area (Å²) in [6, 6.07) is 3.88. The molecule has 25 heavy (non-hydrogen) atoms. The summed E-state index contributed by atoms with van der Waals surface area (Å²) in [6.45, 7) is 6.48. The van der Waals surface area contributed by atoms with E-state index in [0.29, 0.717) is 11.8 Å². The molecule has 1 saturated heterocycles. The zero-order chi connectivity index (χ0) is 18.4. The summed E-state index contributed by atoms with van der Waals surface area (Å²) in [4.78, 5) is 23.1. The summed E-state index contributed by atoms with van der Waals surface area (Å²) in [6.07, 6.45) is 2.75. The molecule has 1 aliphatic heterocycles. The van der Waals surface area contributed by atoms with Crippen LogP contribution in [0.3, 0.4) is 0 Å². The normalized spacial score (nSPS) is 17.4. The van der Waals surface area contributed by atoms with Crippen molar-refractivity contribution in [3.8, 4) is 5.75 Å². The Morgan fingerprint density at radius 1 is 1.32 bits per heavy atom. The molecule has 1 N–H and O–H groups in total. The van der Waals surface area contributed by atoms with E-state index in [1.807, 2.05) is 32.9 Å². The van der Waals surface area contributed by atoms with E-state index in [2.05, 4.69) is 20.3 Å². The zero-order valence-corrected chi connectivity index (χ0v) is 15.3. The van der Waals surface area contributed by atoms with Gasteiger partial charge in [-0.15, -0.1) is 5.10 Å². The van der Waals surface area contributed by atoms with Crippen LogP contribution in [0.25, 0.3) is 0 Å². The molecule has 1 aromatic carbocycles. The molecule has 8 heteroatoms. The Morgan fingerprint density at radius 3 is 2.60 bits per heavy atom. The van der Waals surface area contributed by atoms with E-state index in [1.165, 1.54) is 7.11 Å². The van der Waals surface area contributed by atoms with Crippen molar-refractivity contribution in [1.29, 1.82) is 0 Å². The largest absolute Gasteiger partial charge is 0.494 e. The summed E-state index contributed by atoms with van der Waals surface area (Å²) in [7, 11) is 1.25. The lowest BCUT2D eigenvalue weighted by atomic mass is 10.0. The lowest BCUT2D eigenvalue weighted by Gasteiger charge is -2.09. The van der Waals surface area contributed by atoms with Crippen molar-refractivity contribution in [2.75, 3.05) is 13.7 Å². The van der Waals surface area contributed by atoms with Crippen LogP contribution in [0.4, 0.5) is 0 Å². The number of methoxy groups -OCH3 is 1. The maximum atomic E-state index is 11.7. The molecule has 2 rings (SSSR count). The molecule has 0 unspecified atom stereocenters. The number of aryl methyl sites for hydroxylation is 2. The highest BCUT2D eigenvalue weighted by Gasteiger charge is 2.25. The van der Waals surface area contributed by atoms with Crippen LogP contribution in [0.15, 0.2) is 33.3 Å². The van der Waals surface area contributed by atoms with Gasteiger partial charge in [0.25, 0.3) is 5.91 Å². The highest BCUT2D eigenvalue weighted by Crippen LogP contribution is 2.24. The van der Waals surface area contributed by atoms with E-state index in [0.717, 1.165) is 40.3 Å². The van der Waals surface area contributed by atoms with Crippen molar-refractivity contribution in [2.45, 2.75) is 20.8 Å². The Balaban J connectivity index is 2.13. The number of thioether (sulfide) groups is 1. The van der Waals surface area contributed by atoms with Gasteiger partial charge >= 0.3 is 5.97 Å². The summed E-state index contributed by atoms with van der Waals surface area (Å²) < 4.78 is 10.0. The topological polar surface area (TPSA) is 89.4 Å². The Morgan fingerprint density at radius 2 is 2.00 bits per heavy atom. The van der Waals surface area contributed by atoms with Crippen molar-refractivity contribution in [3.63, 3.8) is 0 Å². The van der Waals surface area contributed by atoms with Crippen LogP contribution in [0.2, 0.25) is 0 Å². The fraction of sp³-hybridized carbons (Fsp3) is 0.294. The highest BCUT2D eigenvalue weighted by molar-refractivity contribution is 8.18. The number of amides is 1. The van der Waals surface area contributed by atoms with Gasteiger partial charge < -0.3 is 9.47 Å². The molecule has 0 aliphatic carbocycles. The van der Waals surface area contributed by atoms with Crippen LogP contribution < -0.4 is 10.1 Å². The molecule has 1 fully saturated rings. The van der Waals surface area contributed by atoms with E-state index < -0.39 is 11.9 Å². The average Bonchev–Trinajstić information content (AvgIpc) is 2.90. The first kappa shape index (κ1) is 18.7. The van der Waals surface area contributed by atoms with E-state index in [9.17, 15) is 9.59 Å². The Labute approximate surface area is 150 Å². The number of ether oxygens (including phenoxy) is 2. The van der Waals surface area contributed by atoms with Crippen molar-refractivity contribution in [3.05, 3.63) is 39.8 Å². The van der Waals surface area contributed by atoms with Gasteiger partial charge in [-0.05, 0) is 55.8 Å². The molecule has 0 atom stereocenters. The SMILES string of the molecule is CCOc1cc(C)c(C=N/N=C2/NC(=O)/C(=C\C(=O)OC)S2)c(C)c1. The lowest BCUT2D eigenvalue weighted by Crippen LogP contribution is -2.19. The van der Waals surface area contributed by atoms with Gasteiger partial charge in [0.15, 0.2) is 5.17 Å². The molecule has 0 spiro atoms. The number of rotatable bonds is 5. The number of carbonyl (C=O) groups is 2. The predicted octanol–water partition coefficient (Wildman–Crippen LogP) is 2.31. The van der Waals surface area contributed by atoms with Crippen molar-refractivity contribution in [2.24, 2.45) is 10.2 Å². The minimum Gasteiger partial charge on any atom is -0.494 e. The third-order valence-electron chi connectivity index (χ3n) is 3.31. The fourth-order valence-corrected chi connectivity index (χ4v) is 2.91. The second-order valence-corrected chi connectivity index (χ2v) is 6.17. The lowest BCUT2D eigenvalue weighted by molar-refractivity contribution is -0.135. The minimum atomic E-state index is -0.594. The second-order valence-electron chi connectivity index (χ2n) is 5.14. The molecule has 0 aromatic heterocycles. The first-order chi connectivity index (χ1) is 11.9. The smallest absolute Gasteiger partial charge is 0.331 e. The van der Waals surface area contributed by atoms with Crippen molar-refractivity contribution < 1.29 is 19.1 Å².